The summed E-state index contributed by atoms with van der Waals surface area (Å²) in [7, 11) is 1.28. The topological polar surface area (TPSA) is 124 Å². The number of hydrogen-bond acceptors (Lipinski definition) is 8. The van der Waals surface area contributed by atoms with Crippen LogP contribution >= 0.6 is 11.3 Å². The van der Waals surface area contributed by atoms with E-state index in [1.807, 2.05) is 0 Å². The van der Waals surface area contributed by atoms with Gasteiger partial charge in [-0.1, -0.05) is 0 Å². The summed E-state index contributed by atoms with van der Waals surface area (Å²) in [5.41, 5.74) is 2.33. The molecule has 0 saturated heterocycles. The quantitative estimate of drug-likeness (QED) is 0.479. The molecule has 10 heteroatoms. The molecule has 0 bridgehead atoms. The second-order valence-corrected chi connectivity index (χ2v) is 8.91. The minimum Gasteiger partial charge on any atom is -0.465 e. The van der Waals surface area contributed by atoms with Gasteiger partial charge in [0.15, 0.2) is 6.61 Å². The van der Waals surface area contributed by atoms with Crippen molar-refractivity contribution >= 4 is 45.8 Å². The molecule has 1 aromatic carbocycles. The Balaban J connectivity index is 1.43. The molecule has 2 N–H and O–H groups in total. The van der Waals surface area contributed by atoms with E-state index in [-0.39, 0.29) is 5.91 Å². The van der Waals surface area contributed by atoms with Crippen LogP contribution in [0.1, 0.15) is 54.4 Å². The number of nitrogens with one attached hydrogen (secondary N) is 2. The van der Waals surface area contributed by atoms with Crippen molar-refractivity contribution in [3.63, 3.8) is 0 Å². The molecule has 0 unspecified atom stereocenters. The van der Waals surface area contributed by atoms with Gasteiger partial charge in [0.2, 0.25) is 0 Å². The molecule has 1 aliphatic carbocycles. The Labute approximate surface area is 205 Å². The molecule has 2 heterocycles. The number of fused-ring (bicyclic) bond motifs is 1. The summed E-state index contributed by atoms with van der Waals surface area (Å²) in [6.07, 6.45) is 6.49. The molecule has 0 fully saturated rings. The van der Waals surface area contributed by atoms with E-state index in [4.69, 9.17) is 4.74 Å². The van der Waals surface area contributed by atoms with E-state index in [9.17, 15) is 19.2 Å². The van der Waals surface area contributed by atoms with Crippen LogP contribution in [0.2, 0.25) is 0 Å². The molecule has 0 saturated carbocycles. The van der Waals surface area contributed by atoms with Crippen LogP contribution in [0.3, 0.4) is 0 Å². The maximum atomic E-state index is 13.0. The molecule has 35 heavy (non-hydrogen) atoms. The summed E-state index contributed by atoms with van der Waals surface area (Å²) < 4.78 is 9.96. The molecular formula is C25H23N3O6S. The number of benzene rings is 1. The van der Waals surface area contributed by atoms with E-state index in [0.717, 1.165) is 29.7 Å². The predicted molar refractivity (Wildman–Crippen MR) is 130 cm³/mol. The first-order valence-electron chi connectivity index (χ1n) is 11.0. The maximum Gasteiger partial charge on any atom is 0.341 e. The van der Waals surface area contributed by atoms with Crippen LogP contribution in [-0.4, -0.2) is 42.5 Å². The highest BCUT2D eigenvalue weighted by Crippen LogP contribution is 2.38. The highest BCUT2D eigenvalue weighted by molar-refractivity contribution is 7.17. The van der Waals surface area contributed by atoms with Gasteiger partial charge in [0, 0.05) is 23.0 Å². The van der Waals surface area contributed by atoms with Gasteiger partial charge in [0.25, 0.3) is 11.8 Å². The first-order chi connectivity index (χ1) is 17.0. The number of aromatic nitrogens is 1. The Hall–Kier alpha value is -4.05. The smallest absolute Gasteiger partial charge is 0.341 e. The van der Waals surface area contributed by atoms with Crippen molar-refractivity contribution in [2.24, 2.45) is 0 Å². The lowest BCUT2D eigenvalue weighted by Crippen LogP contribution is -2.22. The lowest BCUT2D eigenvalue weighted by molar-refractivity contribution is -0.119. The lowest BCUT2D eigenvalue weighted by Gasteiger charge is -2.13. The number of amides is 2. The SMILES string of the molecule is COC(=O)c1ccc(NC(=O)COC(=O)c2c(NC(=O)c3cccnc3)sc3c2CCCC3)cc1. The molecule has 180 valence electrons. The minimum atomic E-state index is -0.665. The number of rotatable bonds is 7. The van der Waals surface area contributed by atoms with Crippen LogP contribution in [0.25, 0.3) is 0 Å². The van der Waals surface area contributed by atoms with E-state index in [1.165, 1.54) is 36.8 Å². The Bertz CT molecular complexity index is 1250. The van der Waals surface area contributed by atoms with Crippen molar-refractivity contribution in [3.05, 3.63) is 75.9 Å². The fourth-order valence-corrected chi connectivity index (χ4v) is 5.02. The van der Waals surface area contributed by atoms with Crippen LogP contribution in [0, 0.1) is 0 Å². The van der Waals surface area contributed by atoms with Crippen molar-refractivity contribution in [2.45, 2.75) is 25.7 Å². The number of nitrogens with zero attached hydrogens (tertiary/aromatic N) is 1. The standard InChI is InChI=1S/C25H23N3O6S/c1-33-24(31)15-8-10-17(11-9-15)27-20(29)14-34-25(32)21-18-6-2-3-7-19(18)35-23(21)28-22(30)16-5-4-12-26-13-16/h4-5,8-13H,2-3,6-7,14H2,1H3,(H,27,29)(H,28,30). The van der Waals surface area contributed by atoms with E-state index >= 15 is 0 Å². The number of methoxy groups -OCH3 is 1. The monoisotopic (exact) mass is 493 g/mol. The van der Waals surface area contributed by atoms with Gasteiger partial charge in [-0.05, 0) is 67.6 Å². The average Bonchev–Trinajstić information content (AvgIpc) is 3.25. The summed E-state index contributed by atoms with van der Waals surface area (Å²) in [6, 6.07) is 9.42. The summed E-state index contributed by atoms with van der Waals surface area (Å²) in [5, 5.41) is 5.84. The number of hydrogen-bond donors (Lipinski definition) is 2. The third-order valence-electron chi connectivity index (χ3n) is 5.45. The highest BCUT2D eigenvalue weighted by atomic mass is 32.1. The van der Waals surface area contributed by atoms with Gasteiger partial charge in [-0.3, -0.25) is 14.6 Å². The number of carbonyl (C=O) groups is 4. The second-order valence-electron chi connectivity index (χ2n) is 7.80. The number of aryl methyl sites for hydroxylation is 1. The van der Waals surface area contributed by atoms with E-state index < -0.39 is 24.5 Å². The lowest BCUT2D eigenvalue weighted by atomic mass is 9.95. The zero-order chi connectivity index (χ0) is 24.8. The Kier molecular flexibility index (Phi) is 7.51. The molecule has 0 spiro atoms. The van der Waals surface area contributed by atoms with Crippen LogP contribution in [0.15, 0.2) is 48.8 Å². The predicted octanol–water partition coefficient (Wildman–Crippen LogP) is 3.86. The van der Waals surface area contributed by atoms with Crippen molar-refractivity contribution in [3.8, 4) is 0 Å². The van der Waals surface area contributed by atoms with E-state index in [1.54, 1.807) is 30.5 Å². The Morgan fingerprint density at radius 3 is 2.46 bits per heavy atom. The van der Waals surface area contributed by atoms with Crippen LogP contribution in [-0.2, 0) is 27.1 Å². The third kappa shape index (κ3) is 5.72. The molecule has 0 radical (unpaired) electrons. The zero-order valence-electron chi connectivity index (χ0n) is 19.0. The number of thiophene rings is 1. The van der Waals surface area contributed by atoms with Crippen molar-refractivity contribution in [1.29, 1.82) is 0 Å². The third-order valence-corrected chi connectivity index (χ3v) is 6.66. The Morgan fingerprint density at radius 1 is 0.971 bits per heavy atom. The first kappa shape index (κ1) is 24.1. The second kappa shape index (κ2) is 10.9. The fourth-order valence-electron chi connectivity index (χ4n) is 3.75. The molecule has 3 aromatic rings. The first-order valence-corrected chi connectivity index (χ1v) is 11.8. The van der Waals surface area contributed by atoms with Gasteiger partial charge < -0.3 is 20.1 Å². The van der Waals surface area contributed by atoms with Crippen molar-refractivity contribution in [1.82, 2.24) is 4.98 Å². The molecule has 4 rings (SSSR count). The van der Waals surface area contributed by atoms with Crippen molar-refractivity contribution in [2.75, 3.05) is 24.4 Å². The molecule has 1 aliphatic rings. The van der Waals surface area contributed by atoms with Gasteiger partial charge in [-0.2, -0.15) is 0 Å². The van der Waals surface area contributed by atoms with E-state index in [2.05, 4.69) is 20.4 Å². The number of carbonyl (C=O) groups excluding carboxylic acids is 4. The van der Waals surface area contributed by atoms with Gasteiger partial charge >= 0.3 is 11.9 Å². The fraction of sp³-hybridized carbons (Fsp3) is 0.240. The Morgan fingerprint density at radius 2 is 1.74 bits per heavy atom. The average molecular weight is 494 g/mol. The van der Waals surface area contributed by atoms with Gasteiger partial charge in [0.1, 0.15) is 5.00 Å². The molecule has 2 aromatic heterocycles. The van der Waals surface area contributed by atoms with Crippen LogP contribution in [0.5, 0.6) is 0 Å². The van der Waals surface area contributed by atoms with Gasteiger partial charge in [-0.15, -0.1) is 11.3 Å². The zero-order valence-corrected chi connectivity index (χ0v) is 19.8. The number of anilines is 2. The van der Waals surface area contributed by atoms with E-state index in [0.29, 0.717) is 33.8 Å². The van der Waals surface area contributed by atoms with Crippen LogP contribution < -0.4 is 10.6 Å². The maximum absolute atomic E-state index is 13.0. The summed E-state index contributed by atoms with van der Waals surface area (Å²) in [6.45, 7) is -0.502. The van der Waals surface area contributed by atoms with Crippen molar-refractivity contribution < 1.29 is 28.7 Å². The minimum absolute atomic E-state index is 0.303. The molecule has 0 atom stereocenters. The largest absolute Gasteiger partial charge is 0.465 e. The molecule has 0 aliphatic heterocycles. The number of esters is 2. The van der Waals surface area contributed by atoms with Gasteiger partial charge in [0.05, 0.1) is 23.8 Å². The summed E-state index contributed by atoms with van der Waals surface area (Å²) in [5.74, 6) is -2.06. The molecular weight excluding hydrogens is 470 g/mol. The normalized spacial score (nSPS) is 12.3. The summed E-state index contributed by atoms with van der Waals surface area (Å²) in [4.78, 5) is 54.5. The molecule has 2 amide bonds. The van der Waals surface area contributed by atoms with Crippen LogP contribution in [0.4, 0.5) is 10.7 Å². The number of pyridine rings is 1. The highest BCUT2D eigenvalue weighted by Gasteiger charge is 2.28. The van der Waals surface area contributed by atoms with Gasteiger partial charge in [-0.25, -0.2) is 9.59 Å². The molecule has 9 nitrogen and oxygen atoms in total. The number of ether oxygens (including phenoxy) is 2. The summed E-state index contributed by atoms with van der Waals surface area (Å²) >= 11 is 1.36.